The van der Waals surface area contributed by atoms with Gasteiger partial charge in [0.15, 0.2) is 11.5 Å². The van der Waals surface area contributed by atoms with E-state index in [0.717, 1.165) is 21.9 Å². The number of anilines is 1. The molecule has 0 saturated carbocycles. The van der Waals surface area contributed by atoms with Crippen molar-refractivity contribution in [3.05, 3.63) is 83.9 Å². The van der Waals surface area contributed by atoms with Crippen LogP contribution in [0.2, 0.25) is 0 Å². The fourth-order valence-electron chi connectivity index (χ4n) is 4.77. The second kappa shape index (κ2) is 13.7. The summed E-state index contributed by atoms with van der Waals surface area (Å²) in [4.78, 5) is 29.2. The van der Waals surface area contributed by atoms with E-state index in [4.69, 9.17) is 9.47 Å². The summed E-state index contributed by atoms with van der Waals surface area (Å²) in [7, 11) is -4.18. The monoisotopic (exact) mass is 593 g/mol. The Bertz CT molecular complexity index is 1500. The van der Waals surface area contributed by atoms with Crippen molar-refractivity contribution in [3.8, 4) is 11.5 Å². The van der Waals surface area contributed by atoms with Crippen molar-refractivity contribution in [1.82, 2.24) is 10.2 Å². The Kier molecular flexibility index (Phi) is 10.1. The highest BCUT2D eigenvalue weighted by atomic mass is 32.2. The van der Waals surface area contributed by atoms with Crippen LogP contribution >= 0.6 is 0 Å². The third-order valence-corrected chi connectivity index (χ3v) is 9.20. The molecule has 2 amide bonds. The van der Waals surface area contributed by atoms with E-state index in [1.54, 1.807) is 36.4 Å². The Morgan fingerprint density at radius 2 is 1.57 bits per heavy atom. The van der Waals surface area contributed by atoms with Gasteiger partial charge < -0.3 is 19.7 Å². The van der Waals surface area contributed by atoms with E-state index in [-0.39, 0.29) is 29.1 Å². The third-order valence-electron chi connectivity index (χ3n) is 7.41. The van der Waals surface area contributed by atoms with Crippen molar-refractivity contribution < 1.29 is 27.5 Å². The number of ether oxygens (including phenoxy) is 2. The number of hydrogen-bond donors (Lipinski definition) is 1. The number of fused-ring (bicyclic) bond motifs is 1. The number of carbonyl (C=O) groups excluding carboxylic acids is 2. The van der Waals surface area contributed by atoms with Gasteiger partial charge in [0.2, 0.25) is 11.8 Å². The highest BCUT2D eigenvalue weighted by molar-refractivity contribution is 7.92. The minimum Gasteiger partial charge on any atom is -0.486 e. The molecule has 1 aliphatic rings. The van der Waals surface area contributed by atoms with Crippen LogP contribution < -0.4 is 19.1 Å². The molecule has 0 saturated heterocycles. The molecule has 0 unspecified atom stereocenters. The van der Waals surface area contributed by atoms with E-state index >= 15 is 0 Å². The summed E-state index contributed by atoms with van der Waals surface area (Å²) in [6, 6.07) is 19.6. The number of amides is 2. The maximum absolute atomic E-state index is 14.3. The van der Waals surface area contributed by atoms with Gasteiger partial charge in [-0.2, -0.15) is 0 Å². The van der Waals surface area contributed by atoms with Gasteiger partial charge in [-0.1, -0.05) is 56.3 Å². The summed E-state index contributed by atoms with van der Waals surface area (Å²) in [6.07, 6.45) is 1.09. The van der Waals surface area contributed by atoms with E-state index in [9.17, 15) is 18.0 Å². The molecule has 0 bridgehead atoms. The summed E-state index contributed by atoms with van der Waals surface area (Å²) in [5.74, 6) is 0.127. The smallest absolute Gasteiger partial charge is 0.264 e. The number of aryl methyl sites for hydroxylation is 1. The zero-order valence-electron chi connectivity index (χ0n) is 24.6. The highest BCUT2D eigenvalue weighted by Crippen LogP contribution is 2.36. The fourth-order valence-corrected chi connectivity index (χ4v) is 6.19. The van der Waals surface area contributed by atoms with Gasteiger partial charge in [-0.3, -0.25) is 13.9 Å². The molecule has 42 heavy (non-hydrogen) atoms. The number of benzene rings is 3. The topological polar surface area (TPSA) is 105 Å². The molecule has 1 heterocycles. The summed E-state index contributed by atoms with van der Waals surface area (Å²) in [5.41, 5.74) is 2.09. The molecule has 2 atom stereocenters. The van der Waals surface area contributed by atoms with Crippen LogP contribution in [0.4, 0.5) is 5.69 Å². The highest BCUT2D eigenvalue weighted by Gasteiger charge is 2.34. The van der Waals surface area contributed by atoms with E-state index in [1.807, 2.05) is 52.0 Å². The first-order chi connectivity index (χ1) is 20.1. The second-order valence-electron chi connectivity index (χ2n) is 10.3. The van der Waals surface area contributed by atoms with Crippen molar-refractivity contribution in [2.45, 2.75) is 64.1 Å². The normalized spacial score (nSPS) is 14.0. The van der Waals surface area contributed by atoms with Gasteiger partial charge in [0.1, 0.15) is 25.8 Å². The van der Waals surface area contributed by atoms with Crippen molar-refractivity contribution in [2.75, 3.05) is 24.1 Å². The number of carbonyl (C=O) groups is 2. The predicted octanol–water partition coefficient (Wildman–Crippen LogP) is 4.68. The standard InChI is InChI=1S/C32H39N3O6S/c1-5-24(4)33-32(37)28(6-2)34(21-25-13-11-10-12-23(25)3)31(36)22-35(42(38,39)27-14-8-7-9-15-27)26-16-17-29-30(20-26)41-19-18-40-29/h7-17,20,24,28H,5-6,18-19,21-22H2,1-4H3,(H,33,37)/t24-,28+/m0/s1. The Hall–Kier alpha value is -4.05. The van der Waals surface area contributed by atoms with Crippen molar-refractivity contribution >= 4 is 27.5 Å². The molecule has 224 valence electrons. The summed E-state index contributed by atoms with van der Waals surface area (Å²) < 4.78 is 40.5. The molecule has 3 aromatic rings. The number of rotatable bonds is 12. The lowest BCUT2D eigenvalue weighted by Gasteiger charge is -2.34. The minimum atomic E-state index is -4.18. The van der Waals surface area contributed by atoms with Crippen LogP contribution in [0.15, 0.2) is 77.7 Å². The molecule has 0 aromatic heterocycles. The van der Waals surface area contributed by atoms with Crippen LogP contribution in [0.1, 0.15) is 44.7 Å². The van der Waals surface area contributed by atoms with Crippen molar-refractivity contribution in [1.29, 1.82) is 0 Å². The Balaban J connectivity index is 1.76. The molecule has 0 radical (unpaired) electrons. The average Bonchev–Trinajstić information content (AvgIpc) is 3.00. The zero-order valence-corrected chi connectivity index (χ0v) is 25.4. The van der Waals surface area contributed by atoms with Gasteiger partial charge >= 0.3 is 0 Å². The van der Waals surface area contributed by atoms with Gasteiger partial charge in [-0.15, -0.1) is 0 Å². The van der Waals surface area contributed by atoms with Gasteiger partial charge in [0, 0.05) is 18.7 Å². The van der Waals surface area contributed by atoms with Gasteiger partial charge in [0.05, 0.1) is 10.6 Å². The Morgan fingerprint density at radius 1 is 0.905 bits per heavy atom. The van der Waals surface area contributed by atoms with Crippen LogP contribution in [0.25, 0.3) is 0 Å². The maximum Gasteiger partial charge on any atom is 0.264 e. The van der Waals surface area contributed by atoms with E-state index in [2.05, 4.69) is 5.32 Å². The lowest BCUT2D eigenvalue weighted by atomic mass is 10.1. The van der Waals surface area contributed by atoms with Crippen LogP contribution in [-0.4, -0.2) is 57.0 Å². The molecule has 0 spiro atoms. The van der Waals surface area contributed by atoms with Crippen LogP contribution in [0, 0.1) is 6.92 Å². The number of nitrogens with one attached hydrogen (secondary N) is 1. The Labute approximate surface area is 248 Å². The summed E-state index contributed by atoms with van der Waals surface area (Å²) >= 11 is 0. The number of sulfonamides is 1. The molecule has 1 N–H and O–H groups in total. The Morgan fingerprint density at radius 3 is 2.24 bits per heavy atom. The second-order valence-corrected chi connectivity index (χ2v) is 12.2. The predicted molar refractivity (Wildman–Crippen MR) is 162 cm³/mol. The SMILES string of the molecule is CC[C@H](C(=O)N[C@@H](C)CC)N(Cc1ccccc1C)C(=O)CN(c1ccc2c(c1)OCCO2)S(=O)(=O)c1ccccc1. The van der Waals surface area contributed by atoms with Crippen molar-refractivity contribution in [2.24, 2.45) is 0 Å². The molecule has 1 aliphatic heterocycles. The molecular formula is C32H39N3O6S. The zero-order chi connectivity index (χ0) is 30.3. The first-order valence-electron chi connectivity index (χ1n) is 14.3. The van der Waals surface area contributed by atoms with Crippen molar-refractivity contribution in [3.63, 3.8) is 0 Å². The first-order valence-corrected chi connectivity index (χ1v) is 15.7. The molecule has 10 heteroatoms. The van der Waals surface area contributed by atoms with E-state index in [1.165, 1.54) is 17.0 Å². The lowest BCUT2D eigenvalue weighted by Crippen LogP contribution is -2.53. The van der Waals surface area contributed by atoms with Crippen LogP contribution in [0.3, 0.4) is 0 Å². The molecule has 4 rings (SSSR count). The van der Waals surface area contributed by atoms with Crippen LogP contribution in [-0.2, 0) is 26.2 Å². The fraction of sp³-hybridized carbons (Fsp3) is 0.375. The summed E-state index contributed by atoms with van der Waals surface area (Å²) in [5, 5.41) is 3.00. The average molecular weight is 594 g/mol. The van der Waals surface area contributed by atoms with E-state index in [0.29, 0.717) is 31.1 Å². The minimum absolute atomic E-state index is 0.0414. The van der Waals surface area contributed by atoms with E-state index < -0.39 is 28.5 Å². The van der Waals surface area contributed by atoms with Gasteiger partial charge in [-0.25, -0.2) is 8.42 Å². The third kappa shape index (κ3) is 7.05. The first kappa shape index (κ1) is 30.9. The molecule has 0 aliphatic carbocycles. The summed E-state index contributed by atoms with van der Waals surface area (Å²) in [6.45, 7) is 8.03. The largest absolute Gasteiger partial charge is 0.486 e. The molecular weight excluding hydrogens is 554 g/mol. The quantitative estimate of drug-likeness (QED) is 0.327. The van der Waals surface area contributed by atoms with Crippen LogP contribution in [0.5, 0.6) is 11.5 Å². The van der Waals surface area contributed by atoms with Gasteiger partial charge in [0.25, 0.3) is 10.0 Å². The number of nitrogens with zero attached hydrogens (tertiary/aromatic N) is 2. The number of hydrogen-bond acceptors (Lipinski definition) is 6. The molecule has 0 fully saturated rings. The lowest BCUT2D eigenvalue weighted by molar-refractivity contribution is -0.140. The molecule has 3 aromatic carbocycles. The maximum atomic E-state index is 14.3. The van der Waals surface area contributed by atoms with Gasteiger partial charge in [-0.05, 0) is 62.1 Å². The molecule has 9 nitrogen and oxygen atoms in total.